The molecule has 0 bridgehead atoms. The van der Waals surface area contributed by atoms with Crippen LogP contribution in [0.3, 0.4) is 0 Å². The Morgan fingerprint density at radius 3 is 2.65 bits per heavy atom. The smallest absolute Gasteiger partial charge is 0.244 e. The van der Waals surface area contributed by atoms with Gasteiger partial charge in [-0.1, -0.05) is 41.6 Å². The summed E-state index contributed by atoms with van der Waals surface area (Å²) in [5, 5.41) is 14.6. The molecular weight excluding hydrogens is 441 g/mol. The molecule has 0 saturated carbocycles. The number of nitrogens with one attached hydrogen (secondary N) is 2. The number of amides is 2. The fraction of sp³-hybridized carbons (Fsp3) is 0.143. The first-order valence-corrected chi connectivity index (χ1v) is 10.6. The standard InChI is InChI=1S/C21H19ClFN5O2S/c1-28-18(12-24-19(29)11-6-14-4-2-3-5-17(14)22)26-27-21(28)31-13-20(30)25-16-9-7-15(23)8-10-16/h2-11H,12-13H2,1H3,(H,24,29)(H,25,30)/b11-6+. The lowest BCUT2D eigenvalue weighted by molar-refractivity contribution is -0.116. The lowest BCUT2D eigenvalue weighted by Gasteiger charge is -2.06. The largest absolute Gasteiger partial charge is 0.345 e. The van der Waals surface area contributed by atoms with Crippen molar-refractivity contribution in [2.75, 3.05) is 11.1 Å². The van der Waals surface area contributed by atoms with Crippen LogP contribution in [0, 0.1) is 5.82 Å². The number of carbonyl (C=O) groups is 2. The molecule has 0 radical (unpaired) electrons. The highest BCUT2D eigenvalue weighted by Crippen LogP contribution is 2.17. The summed E-state index contributed by atoms with van der Waals surface area (Å²) in [5.41, 5.74) is 1.26. The van der Waals surface area contributed by atoms with E-state index in [1.54, 1.807) is 23.8 Å². The molecule has 0 saturated heterocycles. The number of benzene rings is 2. The summed E-state index contributed by atoms with van der Waals surface area (Å²) in [6.07, 6.45) is 3.03. The number of halogens is 2. The van der Waals surface area contributed by atoms with Crippen molar-refractivity contribution in [1.82, 2.24) is 20.1 Å². The molecule has 10 heteroatoms. The predicted molar refractivity (Wildman–Crippen MR) is 119 cm³/mol. The van der Waals surface area contributed by atoms with Crippen LogP contribution < -0.4 is 10.6 Å². The Kier molecular flexibility index (Phi) is 7.80. The monoisotopic (exact) mass is 459 g/mol. The Bertz CT molecular complexity index is 1100. The van der Waals surface area contributed by atoms with E-state index in [1.807, 2.05) is 18.2 Å². The molecule has 2 aromatic carbocycles. The van der Waals surface area contributed by atoms with Gasteiger partial charge in [0.05, 0.1) is 12.3 Å². The molecule has 3 rings (SSSR count). The van der Waals surface area contributed by atoms with E-state index in [0.717, 1.165) is 5.56 Å². The summed E-state index contributed by atoms with van der Waals surface area (Å²) in [5.74, 6) is -0.266. The molecular formula is C21H19ClFN5O2S. The number of carbonyl (C=O) groups excluding carboxylic acids is 2. The number of hydrogen-bond donors (Lipinski definition) is 2. The van der Waals surface area contributed by atoms with E-state index < -0.39 is 0 Å². The highest BCUT2D eigenvalue weighted by Gasteiger charge is 2.12. The van der Waals surface area contributed by atoms with Crippen LogP contribution in [0.25, 0.3) is 6.08 Å². The fourth-order valence-corrected chi connectivity index (χ4v) is 3.41. The third kappa shape index (κ3) is 6.66. The van der Waals surface area contributed by atoms with Crippen LogP contribution in [-0.4, -0.2) is 32.3 Å². The minimum atomic E-state index is -0.370. The molecule has 160 valence electrons. The van der Waals surface area contributed by atoms with Gasteiger partial charge in [0, 0.05) is 23.8 Å². The van der Waals surface area contributed by atoms with Crippen molar-refractivity contribution in [3.05, 3.63) is 76.8 Å². The Hall–Kier alpha value is -3.17. The highest BCUT2D eigenvalue weighted by atomic mass is 35.5. The number of hydrogen-bond acceptors (Lipinski definition) is 5. The molecule has 7 nitrogen and oxygen atoms in total. The van der Waals surface area contributed by atoms with Gasteiger partial charge >= 0.3 is 0 Å². The molecule has 0 aliphatic rings. The summed E-state index contributed by atoms with van der Waals surface area (Å²) in [7, 11) is 1.75. The molecule has 1 heterocycles. The molecule has 0 unspecified atom stereocenters. The fourth-order valence-electron chi connectivity index (χ4n) is 2.49. The van der Waals surface area contributed by atoms with Gasteiger partial charge in [-0.2, -0.15) is 0 Å². The van der Waals surface area contributed by atoms with Crippen molar-refractivity contribution in [3.63, 3.8) is 0 Å². The normalized spacial score (nSPS) is 10.9. The Balaban J connectivity index is 1.48. The van der Waals surface area contributed by atoms with Crippen LogP contribution in [0.2, 0.25) is 5.02 Å². The van der Waals surface area contributed by atoms with E-state index in [4.69, 9.17) is 11.6 Å². The van der Waals surface area contributed by atoms with Crippen LogP contribution in [0.5, 0.6) is 0 Å². The first-order valence-electron chi connectivity index (χ1n) is 9.19. The van der Waals surface area contributed by atoms with Gasteiger partial charge in [0.1, 0.15) is 5.82 Å². The van der Waals surface area contributed by atoms with Gasteiger partial charge in [0.2, 0.25) is 11.8 Å². The van der Waals surface area contributed by atoms with Crippen molar-refractivity contribution in [2.24, 2.45) is 7.05 Å². The van der Waals surface area contributed by atoms with Gasteiger partial charge in [-0.05, 0) is 42.0 Å². The van der Waals surface area contributed by atoms with E-state index in [2.05, 4.69) is 20.8 Å². The zero-order valence-corrected chi connectivity index (χ0v) is 18.1. The Labute approximate surface area is 187 Å². The van der Waals surface area contributed by atoms with Crippen molar-refractivity contribution in [3.8, 4) is 0 Å². The van der Waals surface area contributed by atoms with Crippen molar-refractivity contribution in [2.45, 2.75) is 11.7 Å². The average Bonchev–Trinajstić information content (AvgIpc) is 3.11. The second-order valence-corrected chi connectivity index (χ2v) is 7.72. The SMILES string of the molecule is Cn1c(CNC(=O)/C=C/c2ccccc2Cl)nnc1SCC(=O)Nc1ccc(F)cc1. The molecule has 0 fully saturated rings. The second kappa shape index (κ2) is 10.7. The number of thioether (sulfide) groups is 1. The summed E-state index contributed by atoms with van der Waals surface area (Å²) in [6.45, 7) is 0.178. The number of nitrogens with zero attached hydrogens (tertiary/aromatic N) is 3. The van der Waals surface area contributed by atoms with Crippen LogP contribution in [0.4, 0.5) is 10.1 Å². The zero-order valence-electron chi connectivity index (χ0n) is 16.5. The third-order valence-corrected chi connectivity index (χ3v) is 5.49. The number of rotatable bonds is 8. The maximum absolute atomic E-state index is 12.9. The van der Waals surface area contributed by atoms with Gasteiger partial charge < -0.3 is 15.2 Å². The molecule has 0 aliphatic heterocycles. The quantitative estimate of drug-likeness (QED) is 0.396. The van der Waals surface area contributed by atoms with Gasteiger partial charge in [-0.15, -0.1) is 10.2 Å². The van der Waals surface area contributed by atoms with Crippen LogP contribution in [-0.2, 0) is 23.2 Å². The number of aromatic nitrogens is 3. The van der Waals surface area contributed by atoms with E-state index >= 15 is 0 Å². The summed E-state index contributed by atoms with van der Waals surface area (Å²) < 4.78 is 14.6. The summed E-state index contributed by atoms with van der Waals surface area (Å²) >= 11 is 7.26. The van der Waals surface area contributed by atoms with Gasteiger partial charge in [-0.3, -0.25) is 9.59 Å². The Morgan fingerprint density at radius 2 is 1.90 bits per heavy atom. The molecule has 1 aromatic heterocycles. The van der Waals surface area contributed by atoms with E-state index in [0.29, 0.717) is 21.7 Å². The van der Waals surface area contributed by atoms with E-state index in [9.17, 15) is 14.0 Å². The maximum atomic E-state index is 12.9. The molecule has 0 spiro atoms. The minimum absolute atomic E-state index is 0.107. The lowest BCUT2D eigenvalue weighted by atomic mass is 10.2. The maximum Gasteiger partial charge on any atom is 0.244 e. The van der Waals surface area contributed by atoms with Crippen molar-refractivity contribution >= 4 is 46.9 Å². The van der Waals surface area contributed by atoms with Crippen LogP contribution >= 0.6 is 23.4 Å². The third-order valence-electron chi connectivity index (χ3n) is 4.13. The van der Waals surface area contributed by atoms with Crippen molar-refractivity contribution in [1.29, 1.82) is 0 Å². The average molecular weight is 460 g/mol. The van der Waals surface area contributed by atoms with E-state index in [1.165, 1.54) is 42.1 Å². The number of anilines is 1. The van der Waals surface area contributed by atoms with E-state index in [-0.39, 0.29) is 29.9 Å². The Morgan fingerprint density at radius 1 is 1.16 bits per heavy atom. The van der Waals surface area contributed by atoms with Gasteiger partial charge in [-0.25, -0.2) is 4.39 Å². The highest BCUT2D eigenvalue weighted by molar-refractivity contribution is 7.99. The van der Waals surface area contributed by atoms with Gasteiger partial charge in [0.15, 0.2) is 11.0 Å². The minimum Gasteiger partial charge on any atom is -0.345 e. The molecule has 0 atom stereocenters. The molecule has 31 heavy (non-hydrogen) atoms. The van der Waals surface area contributed by atoms with Crippen molar-refractivity contribution < 1.29 is 14.0 Å². The van der Waals surface area contributed by atoms with Crippen LogP contribution in [0.15, 0.2) is 59.8 Å². The predicted octanol–water partition coefficient (Wildman–Crippen LogP) is 3.67. The lowest BCUT2D eigenvalue weighted by Crippen LogP contribution is -2.22. The second-order valence-electron chi connectivity index (χ2n) is 6.37. The van der Waals surface area contributed by atoms with Gasteiger partial charge in [0.25, 0.3) is 0 Å². The molecule has 2 N–H and O–H groups in total. The summed E-state index contributed by atoms with van der Waals surface area (Å²) in [4.78, 5) is 24.1. The molecule has 3 aromatic rings. The van der Waals surface area contributed by atoms with Crippen LogP contribution in [0.1, 0.15) is 11.4 Å². The molecule has 2 amide bonds. The summed E-state index contributed by atoms with van der Waals surface area (Å²) in [6, 6.07) is 12.7. The molecule has 0 aliphatic carbocycles. The topological polar surface area (TPSA) is 88.9 Å². The zero-order chi connectivity index (χ0) is 22.2. The first-order chi connectivity index (χ1) is 14.9. The first kappa shape index (κ1) is 22.5.